The number of aliphatic hydroxyl groups is 3. The quantitative estimate of drug-likeness (QED) is 0.335. The van der Waals surface area contributed by atoms with E-state index in [-0.39, 0.29) is 5.75 Å². The number of rotatable bonds is 7. The molecule has 4 N–H and O–H groups in total. The third-order valence-electron chi connectivity index (χ3n) is 4.29. The highest BCUT2D eigenvalue weighted by Gasteiger charge is 2.46. The summed E-state index contributed by atoms with van der Waals surface area (Å²) in [5.74, 6) is -0.455. The molecule has 1 aromatic rings. The van der Waals surface area contributed by atoms with Crippen LogP contribution in [0.1, 0.15) is 12.5 Å². The molecule has 29 heavy (non-hydrogen) atoms. The molecule has 0 radical (unpaired) electrons. The van der Waals surface area contributed by atoms with Crippen molar-refractivity contribution in [2.45, 2.75) is 37.6 Å². The van der Waals surface area contributed by atoms with E-state index in [4.69, 9.17) is 14.2 Å². The minimum absolute atomic E-state index is 0.225. The SMILES string of the molecule is COC(=O)/C=C/c1ccc(O[C@@H]2O[C@H](CO)[C@@H](O)[C@H](O)[C@H]2NC(C)=O)c(OC)c1. The highest BCUT2D eigenvalue weighted by Crippen LogP contribution is 2.32. The Morgan fingerprint density at radius 1 is 1.21 bits per heavy atom. The molecule has 1 aromatic carbocycles. The van der Waals surface area contributed by atoms with Gasteiger partial charge in [-0.1, -0.05) is 6.07 Å². The smallest absolute Gasteiger partial charge is 0.330 e. The average molecular weight is 411 g/mol. The zero-order chi connectivity index (χ0) is 21.6. The molecule has 0 saturated carbocycles. The predicted octanol–water partition coefficient (Wildman–Crippen LogP) is -0.796. The van der Waals surface area contributed by atoms with Crippen LogP contribution in [0.5, 0.6) is 11.5 Å². The summed E-state index contributed by atoms with van der Waals surface area (Å²) in [6, 6.07) is 3.70. The molecule has 1 fully saturated rings. The second kappa shape index (κ2) is 10.2. The van der Waals surface area contributed by atoms with E-state index in [1.807, 2.05) is 0 Å². The molecule has 0 spiro atoms. The number of benzene rings is 1. The maximum atomic E-state index is 11.5. The first-order chi connectivity index (χ1) is 13.8. The first kappa shape index (κ1) is 22.6. The number of methoxy groups -OCH3 is 2. The number of carbonyl (C=O) groups is 2. The number of hydrogen-bond acceptors (Lipinski definition) is 9. The molecular weight excluding hydrogens is 386 g/mol. The van der Waals surface area contributed by atoms with Crippen LogP contribution < -0.4 is 14.8 Å². The van der Waals surface area contributed by atoms with Gasteiger partial charge in [-0.05, 0) is 23.8 Å². The zero-order valence-corrected chi connectivity index (χ0v) is 16.3. The van der Waals surface area contributed by atoms with Crippen molar-refractivity contribution in [2.75, 3.05) is 20.8 Å². The largest absolute Gasteiger partial charge is 0.493 e. The van der Waals surface area contributed by atoms with Crippen LogP contribution in [0.4, 0.5) is 0 Å². The van der Waals surface area contributed by atoms with Crippen LogP contribution in [0.15, 0.2) is 24.3 Å². The molecule has 10 heteroatoms. The van der Waals surface area contributed by atoms with Gasteiger partial charge in [-0.25, -0.2) is 4.79 Å². The van der Waals surface area contributed by atoms with Crippen molar-refractivity contribution >= 4 is 18.0 Å². The van der Waals surface area contributed by atoms with Gasteiger partial charge in [-0.2, -0.15) is 0 Å². The van der Waals surface area contributed by atoms with Crippen molar-refractivity contribution in [2.24, 2.45) is 0 Å². The number of ether oxygens (including phenoxy) is 4. The molecule has 5 atom stereocenters. The molecule has 1 saturated heterocycles. The lowest BCUT2D eigenvalue weighted by Gasteiger charge is -2.42. The molecule has 0 aliphatic carbocycles. The van der Waals surface area contributed by atoms with Crippen molar-refractivity contribution in [1.29, 1.82) is 0 Å². The summed E-state index contributed by atoms with van der Waals surface area (Å²) in [6.45, 7) is 0.691. The molecule has 1 aliphatic rings. The van der Waals surface area contributed by atoms with Crippen molar-refractivity contribution < 1.29 is 43.9 Å². The maximum Gasteiger partial charge on any atom is 0.330 e. The van der Waals surface area contributed by atoms with E-state index in [2.05, 4.69) is 10.1 Å². The van der Waals surface area contributed by atoms with E-state index in [0.29, 0.717) is 11.3 Å². The van der Waals surface area contributed by atoms with Crippen LogP contribution in [0, 0.1) is 0 Å². The van der Waals surface area contributed by atoms with Gasteiger partial charge in [-0.3, -0.25) is 4.79 Å². The van der Waals surface area contributed by atoms with Gasteiger partial charge in [0.1, 0.15) is 24.4 Å². The van der Waals surface area contributed by atoms with E-state index in [1.54, 1.807) is 18.2 Å². The molecule has 0 bridgehead atoms. The highest BCUT2D eigenvalue weighted by atomic mass is 16.7. The molecule has 1 heterocycles. The Labute approximate surface area is 167 Å². The number of esters is 1. The molecule has 160 valence electrons. The van der Waals surface area contributed by atoms with E-state index in [0.717, 1.165) is 0 Å². The molecule has 1 aliphatic heterocycles. The first-order valence-electron chi connectivity index (χ1n) is 8.81. The van der Waals surface area contributed by atoms with Crippen molar-refractivity contribution in [3.8, 4) is 11.5 Å². The van der Waals surface area contributed by atoms with Crippen LogP contribution in [-0.4, -0.2) is 78.7 Å². The average Bonchev–Trinajstić information content (AvgIpc) is 2.71. The Kier molecular flexibility index (Phi) is 7.97. The number of aliphatic hydroxyl groups excluding tert-OH is 3. The summed E-state index contributed by atoms with van der Waals surface area (Å²) in [6.07, 6.45) is -2.38. The number of hydrogen-bond donors (Lipinski definition) is 4. The minimum Gasteiger partial charge on any atom is -0.493 e. The van der Waals surface area contributed by atoms with E-state index < -0.39 is 49.1 Å². The van der Waals surface area contributed by atoms with Gasteiger partial charge in [0.2, 0.25) is 12.2 Å². The van der Waals surface area contributed by atoms with Crippen LogP contribution >= 0.6 is 0 Å². The fraction of sp³-hybridized carbons (Fsp3) is 0.474. The van der Waals surface area contributed by atoms with Crippen molar-refractivity contribution in [3.05, 3.63) is 29.8 Å². The number of nitrogens with one attached hydrogen (secondary N) is 1. The van der Waals surface area contributed by atoms with E-state index >= 15 is 0 Å². The zero-order valence-electron chi connectivity index (χ0n) is 16.3. The standard InChI is InChI=1S/C19H25NO9/c1-10(22)20-16-18(25)17(24)14(9-21)29-19(16)28-12-6-4-11(8-13(12)26-2)5-7-15(23)27-3/h4-8,14,16-19,21,24-25H,9H2,1-3H3,(H,20,22)/b7-5+/t14-,16-,17-,18-,19-/m1/s1. The Balaban J connectivity index is 2.27. The van der Waals surface area contributed by atoms with Gasteiger partial charge in [-0.15, -0.1) is 0 Å². The summed E-state index contributed by atoms with van der Waals surface area (Å²) in [5.41, 5.74) is 0.631. The second-order valence-corrected chi connectivity index (χ2v) is 6.32. The van der Waals surface area contributed by atoms with Gasteiger partial charge in [0.15, 0.2) is 11.5 Å². The number of amides is 1. The Hall–Kier alpha value is -2.66. The van der Waals surface area contributed by atoms with Crippen LogP contribution in [0.25, 0.3) is 6.08 Å². The summed E-state index contributed by atoms with van der Waals surface area (Å²) in [4.78, 5) is 22.7. The van der Waals surface area contributed by atoms with Gasteiger partial charge in [0.25, 0.3) is 0 Å². The monoisotopic (exact) mass is 411 g/mol. The van der Waals surface area contributed by atoms with E-state index in [1.165, 1.54) is 33.3 Å². The topological polar surface area (TPSA) is 144 Å². The van der Waals surface area contributed by atoms with Gasteiger partial charge in [0.05, 0.1) is 20.8 Å². The lowest BCUT2D eigenvalue weighted by Crippen LogP contribution is -2.65. The molecule has 2 rings (SSSR count). The Morgan fingerprint density at radius 2 is 1.93 bits per heavy atom. The summed E-state index contributed by atoms with van der Waals surface area (Å²) in [7, 11) is 2.68. The minimum atomic E-state index is -1.43. The summed E-state index contributed by atoms with van der Waals surface area (Å²) < 4.78 is 21.2. The van der Waals surface area contributed by atoms with Gasteiger partial charge >= 0.3 is 5.97 Å². The van der Waals surface area contributed by atoms with Crippen LogP contribution in [0.3, 0.4) is 0 Å². The first-order valence-corrected chi connectivity index (χ1v) is 8.81. The van der Waals surface area contributed by atoms with E-state index in [9.17, 15) is 24.9 Å². The van der Waals surface area contributed by atoms with Crippen LogP contribution in [0.2, 0.25) is 0 Å². The lowest BCUT2D eigenvalue weighted by atomic mass is 9.97. The summed E-state index contributed by atoms with van der Waals surface area (Å²) in [5, 5.41) is 32.3. The fourth-order valence-electron chi connectivity index (χ4n) is 2.81. The van der Waals surface area contributed by atoms with Crippen molar-refractivity contribution in [3.63, 3.8) is 0 Å². The summed E-state index contributed by atoms with van der Waals surface area (Å²) >= 11 is 0. The number of carbonyl (C=O) groups excluding carboxylic acids is 2. The molecule has 10 nitrogen and oxygen atoms in total. The highest BCUT2D eigenvalue weighted by molar-refractivity contribution is 5.87. The lowest BCUT2D eigenvalue weighted by molar-refractivity contribution is -0.244. The fourth-order valence-corrected chi connectivity index (χ4v) is 2.81. The molecular formula is C19H25NO9. The third kappa shape index (κ3) is 5.67. The second-order valence-electron chi connectivity index (χ2n) is 6.32. The maximum absolute atomic E-state index is 11.5. The Bertz CT molecular complexity index is 751. The molecule has 0 unspecified atom stereocenters. The van der Waals surface area contributed by atoms with Crippen molar-refractivity contribution in [1.82, 2.24) is 5.32 Å². The molecule has 1 amide bonds. The third-order valence-corrected chi connectivity index (χ3v) is 4.29. The predicted molar refractivity (Wildman–Crippen MR) is 100 cm³/mol. The Morgan fingerprint density at radius 3 is 2.52 bits per heavy atom. The van der Waals surface area contributed by atoms with Gasteiger partial charge in [0, 0.05) is 13.0 Å². The van der Waals surface area contributed by atoms with Gasteiger partial charge < -0.3 is 39.6 Å². The molecule has 0 aromatic heterocycles. The van der Waals surface area contributed by atoms with Crippen LogP contribution in [-0.2, 0) is 19.1 Å². The normalized spacial score (nSPS) is 26.8.